The molecule has 0 bridgehead atoms. The third-order valence-electron chi connectivity index (χ3n) is 9.70. The zero-order valence-corrected chi connectivity index (χ0v) is 34.4. The molecule has 5 aromatic rings. The lowest BCUT2D eigenvalue weighted by molar-refractivity contribution is 0.0940. The molecule has 5 N–H and O–H groups in total. The molecular formula is C43H52N8O5S. The maximum Gasteiger partial charge on any atom is 0.323 e. The van der Waals surface area contributed by atoms with E-state index < -0.39 is 6.03 Å². The largest absolute Gasteiger partial charge is 0.497 e. The predicted molar refractivity (Wildman–Crippen MR) is 232 cm³/mol. The summed E-state index contributed by atoms with van der Waals surface area (Å²) in [5.74, 6) is 2.56. The Morgan fingerprint density at radius 3 is 2.28 bits per heavy atom. The average Bonchev–Trinajstić information content (AvgIpc) is 3.19. The van der Waals surface area contributed by atoms with Crippen molar-refractivity contribution in [3.05, 3.63) is 96.2 Å². The number of hydrogen-bond acceptors (Lipinski definition) is 11. The Labute approximate surface area is 339 Å². The summed E-state index contributed by atoms with van der Waals surface area (Å²) < 4.78 is 20.9. The summed E-state index contributed by atoms with van der Waals surface area (Å²) in [6.07, 6.45) is 3.58. The number of carbonyl (C=O) groups excluding carboxylic acids is 2. The van der Waals surface area contributed by atoms with Crippen LogP contribution in [0.4, 0.5) is 33.4 Å². The van der Waals surface area contributed by atoms with Crippen molar-refractivity contribution in [2.75, 3.05) is 87.5 Å². The number of pyridine rings is 1. The summed E-state index contributed by atoms with van der Waals surface area (Å²) in [6.45, 7) is 11.8. The van der Waals surface area contributed by atoms with E-state index in [9.17, 15) is 9.59 Å². The number of amides is 3. The van der Waals surface area contributed by atoms with E-state index in [1.807, 2.05) is 60.9 Å². The number of ether oxygens (including phenoxy) is 3. The summed E-state index contributed by atoms with van der Waals surface area (Å²) in [5.41, 5.74) is 3.94. The molecular weight excluding hydrogens is 741 g/mol. The van der Waals surface area contributed by atoms with Gasteiger partial charge in [0.1, 0.15) is 23.1 Å². The molecule has 1 saturated heterocycles. The number of rotatable bonds is 14. The monoisotopic (exact) mass is 792 g/mol. The average molecular weight is 793 g/mol. The number of nitrogens with zero attached hydrogens (tertiary/aromatic N) is 3. The van der Waals surface area contributed by atoms with E-state index >= 15 is 0 Å². The number of aromatic nitrogens is 1. The quantitative estimate of drug-likeness (QED) is 0.0693. The first-order valence-corrected chi connectivity index (χ1v) is 20.1. The molecule has 2 heterocycles. The summed E-state index contributed by atoms with van der Waals surface area (Å²) in [6, 6.07) is 23.8. The number of nitrogens with one attached hydrogen (secondary N) is 5. The zero-order chi connectivity index (χ0) is 40.5. The third-order valence-corrected chi connectivity index (χ3v) is 10.1. The van der Waals surface area contributed by atoms with Gasteiger partial charge in [0.15, 0.2) is 5.75 Å². The number of methoxy groups -OCH3 is 2. The topological polar surface area (TPSA) is 141 Å². The normalized spacial score (nSPS) is 13.5. The number of carbonyl (C=O) groups is 2. The Balaban J connectivity index is 1.15. The van der Waals surface area contributed by atoms with E-state index in [0.717, 1.165) is 54.7 Å². The highest BCUT2D eigenvalue weighted by Gasteiger charge is 2.22. The van der Waals surface area contributed by atoms with Crippen molar-refractivity contribution in [1.29, 1.82) is 0 Å². The minimum atomic E-state index is -0.415. The molecule has 0 saturated carbocycles. The Morgan fingerprint density at radius 1 is 0.825 bits per heavy atom. The minimum absolute atomic E-state index is 0.160. The van der Waals surface area contributed by atoms with Crippen LogP contribution < -0.4 is 40.2 Å². The Bertz CT molecular complexity index is 2200. The molecule has 4 aromatic carbocycles. The summed E-state index contributed by atoms with van der Waals surface area (Å²) in [5, 5.41) is 14.0. The van der Waals surface area contributed by atoms with Gasteiger partial charge in [0.2, 0.25) is 0 Å². The highest BCUT2D eigenvalue weighted by Crippen LogP contribution is 2.40. The zero-order valence-electron chi connectivity index (χ0n) is 33.6. The van der Waals surface area contributed by atoms with E-state index in [2.05, 4.69) is 68.6 Å². The molecule has 1 aromatic heterocycles. The van der Waals surface area contributed by atoms with Crippen molar-refractivity contribution < 1.29 is 23.8 Å². The number of anilines is 5. The molecule has 0 atom stereocenters. The number of benzene rings is 4. The van der Waals surface area contributed by atoms with Crippen LogP contribution in [-0.2, 0) is 5.41 Å². The van der Waals surface area contributed by atoms with Gasteiger partial charge in [0.25, 0.3) is 5.91 Å². The molecule has 1 aliphatic heterocycles. The molecule has 3 amide bonds. The van der Waals surface area contributed by atoms with Crippen LogP contribution in [-0.4, -0.2) is 93.5 Å². The lowest BCUT2D eigenvalue weighted by Gasteiger charge is -2.32. The molecule has 300 valence electrons. The molecule has 13 nitrogen and oxygen atoms in total. The van der Waals surface area contributed by atoms with Gasteiger partial charge in [0, 0.05) is 85.9 Å². The van der Waals surface area contributed by atoms with Gasteiger partial charge in [-0.15, -0.1) is 0 Å². The predicted octanol–water partition coefficient (Wildman–Crippen LogP) is 8.40. The molecule has 1 aliphatic rings. The van der Waals surface area contributed by atoms with E-state index in [-0.39, 0.29) is 11.3 Å². The SMILES string of the molecule is COc1cc(Nc2cc(Oc3ccc(NC(=O)Nc4cc(C(C)(C)C)cc(NSC)c4OC)c4ccccc34)ccn2)cc(C(=O)NCCN2CCN(C)CC2)c1. The molecule has 57 heavy (non-hydrogen) atoms. The Hall–Kier alpha value is -5.70. The first kappa shape index (κ1) is 40.9. The van der Waals surface area contributed by atoms with Crippen molar-refractivity contribution in [2.24, 2.45) is 0 Å². The Kier molecular flexibility index (Phi) is 13.3. The van der Waals surface area contributed by atoms with Crippen LogP contribution in [0.5, 0.6) is 23.0 Å². The Morgan fingerprint density at radius 2 is 1.56 bits per heavy atom. The number of likely N-dealkylation sites (N-methyl/N-ethyl adjacent to an activating group) is 1. The highest BCUT2D eigenvalue weighted by atomic mass is 32.2. The first-order chi connectivity index (χ1) is 27.4. The van der Waals surface area contributed by atoms with E-state index in [1.165, 1.54) is 11.9 Å². The van der Waals surface area contributed by atoms with E-state index in [4.69, 9.17) is 14.2 Å². The fourth-order valence-electron chi connectivity index (χ4n) is 6.54. The number of urea groups is 1. The smallest absolute Gasteiger partial charge is 0.323 e. The van der Waals surface area contributed by atoms with Crippen LogP contribution in [0.1, 0.15) is 36.7 Å². The van der Waals surface area contributed by atoms with Gasteiger partial charge >= 0.3 is 6.03 Å². The standard InChI is InChI=1S/C43H52N8O5S/c1-43(2,3)29-24-36(40(55-6)37(25-29)49-57-7)48-42(53)47-35-12-13-38(34-11-9-8-10-33(34)35)56-31-14-15-44-39(27-31)46-30-22-28(23-32(26-30)54-5)41(52)45-16-17-51-20-18-50(4)19-21-51/h8-15,22-27,49H,16-21H2,1-7H3,(H,44,46)(H,45,52)(H2,47,48,53). The molecule has 0 spiro atoms. The van der Waals surface area contributed by atoms with Gasteiger partial charge in [-0.2, -0.15) is 0 Å². The molecule has 1 fully saturated rings. The van der Waals surface area contributed by atoms with Crippen molar-refractivity contribution in [2.45, 2.75) is 26.2 Å². The second kappa shape index (κ2) is 18.5. The fraction of sp³-hybridized carbons (Fsp3) is 0.326. The summed E-state index contributed by atoms with van der Waals surface area (Å²) in [7, 11) is 5.28. The highest BCUT2D eigenvalue weighted by molar-refractivity contribution is 7.99. The van der Waals surface area contributed by atoms with Gasteiger partial charge in [0.05, 0.1) is 31.3 Å². The summed E-state index contributed by atoms with van der Waals surface area (Å²) >= 11 is 1.45. The van der Waals surface area contributed by atoms with Gasteiger partial charge in [-0.1, -0.05) is 57.0 Å². The lowest BCUT2D eigenvalue weighted by Crippen LogP contribution is -2.46. The second-order valence-corrected chi connectivity index (χ2v) is 15.5. The lowest BCUT2D eigenvalue weighted by atomic mass is 9.86. The van der Waals surface area contributed by atoms with Crippen LogP contribution in [0.25, 0.3) is 10.8 Å². The van der Waals surface area contributed by atoms with Crippen molar-refractivity contribution >= 4 is 63.2 Å². The van der Waals surface area contributed by atoms with Crippen LogP contribution in [0.15, 0.2) is 85.1 Å². The number of fused-ring (bicyclic) bond motifs is 1. The second-order valence-electron chi connectivity index (χ2n) is 14.9. The molecule has 0 aliphatic carbocycles. The molecule has 14 heteroatoms. The maximum atomic E-state index is 13.5. The number of piperazine rings is 1. The van der Waals surface area contributed by atoms with E-state index in [1.54, 1.807) is 44.7 Å². The minimum Gasteiger partial charge on any atom is -0.497 e. The fourth-order valence-corrected chi connectivity index (χ4v) is 6.92. The van der Waals surface area contributed by atoms with Gasteiger partial charge < -0.3 is 45.1 Å². The van der Waals surface area contributed by atoms with Gasteiger partial charge in [-0.05, 0) is 60.5 Å². The maximum absolute atomic E-state index is 13.5. The van der Waals surface area contributed by atoms with Crippen molar-refractivity contribution in [3.63, 3.8) is 0 Å². The van der Waals surface area contributed by atoms with Gasteiger partial charge in [-0.25, -0.2) is 9.78 Å². The van der Waals surface area contributed by atoms with Crippen molar-refractivity contribution in [1.82, 2.24) is 20.1 Å². The van der Waals surface area contributed by atoms with Gasteiger partial charge in [-0.3, -0.25) is 9.69 Å². The number of hydrogen-bond donors (Lipinski definition) is 5. The van der Waals surface area contributed by atoms with Crippen LogP contribution in [0.2, 0.25) is 0 Å². The van der Waals surface area contributed by atoms with Crippen molar-refractivity contribution in [3.8, 4) is 23.0 Å². The first-order valence-electron chi connectivity index (χ1n) is 18.8. The summed E-state index contributed by atoms with van der Waals surface area (Å²) in [4.78, 5) is 35.8. The van der Waals surface area contributed by atoms with Crippen LogP contribution in [0, 0.1) is 0 Å². The molecule has 0 radical (unpaired) electrons. The van der Waals surface area contributed by atoms with Crippen LogP contribution in [0.3, 0.4) is 0 Å². The molecule has 0 unspecified atom stereocenters. The van der Waals surface area contributed by atoms with E-state index in [0.29, 0.717) is 58.0 Å². The molecule has 6 rings (SSSR count). The van der Waals surface area contributed by atoms with Crippen LogP contribution >= 0.6 is 11.9 Å². The third kappa shape index (κ3) is 10.6.